The quantitative estimate of drug-likeness (QED) is 0.789. The molecule has 0 atom stereocenters. The van der Waals surface area contributed by atoms with Crippen LogP contribution in [0.1, 0.15) is 17.5 Å². The molecule has 0 aliphatic rings. The van der Waals surface area contributed by atoms with Crippen LogP contribution in [0.2, 0.25) is 5.02 Å². The minimum Gasteiger partial charge on any atom is -0.506 e. The van der Waals surface area contributed by atoms with Gasteiger partial charge in [-0.05, 0) is 30.5 Å². The lowest BCUT2D eigenvalue weighted by molar-refractivity contribution is 0.468. The molecule has 1 N–H and O–H groups in total. The lowest BCUT2D eigenvalue weighted by atomic mass is 10.0. The molecular formula is C10H10ClNO. The number of benzene rings is 1. The summed E-state index contributed by atoms with van der Waals surface area (Å²) in [6, 6.07) is 5.53. The smallest absolute Gasteiger partial charge is 0.137 e. The second-order valence-corrected chi connectivity index (χ2v) is 3.26. The zero-order valence-electron chi connectivity index (χ0n) is 7.34. The van der Waals surface area contributed by atoms with Crippen LogP contribution in [-0.2, 0) is 6.42 Å². The van der Waals surface area contributed by atoms with Crippen molar-refractivity contribution >= 4 is 11.6 Å². The predicted molar refractivity (Wildman–Crippen MR) is 51.8 cm³/mol. The maximum atomic E-state index is 9.56. The van der Waals surface area contributed by atoms with Gasteiger partial charge in [0.25, 0.3) is 0 Å². The maximum absolute atomic E-state index is 9.56. The van der Waals surface area contributed by atoms with E-state index in [-0.39, 0.29) is 5.75 Å². The van der Waals surface area contributed by atoms with Gasteiger partial charge in [0.15, 0.2) is 0 Å². The van der Waals surface area contributed by atoms with Crippen molar-refractivity contribution in [3.05, 3.63) is 28.3 Å². The first-order valence-corrected chi connectivity index (χ1v) is 4.38. The van der Waals surface area contributed by atoms with Gasteiger partial charge in [0.2, 0.25) is 0 Å². The lowest BCUT2D eigenvalue weighted by Gasteiger charge is -2.07. The number of phenolic OH excluding ortho intramolecular Hbond substituents is 1. The van der Waals surface area contributed by atoms with Gasteiger partial charge in [0.05, 0.1) is 11.1 Å². The van der Waals surface area contributed by atoms with E-state index >= 15 is 0 Å². The van der Waals surface area contributed by atoms with Gasteiger partial charge in [-0.3, -0.25) is 0 Å². The maximum Gasteiger partial charge on any atom is 0.137 e. The molecule has 0 aliphatic heterocycles. The van der Waals surface area contributed by atoms with Crippen molar-refractivity contribution in [2.24, 2.45) is 0 Å². The summed E-state index contributed by atoms with van der Waals surface area (Å²) in [5.41, 5.74) is 1.74. The van der Waals surface area contributed by atoms with Gasteiger partial charge in [-0.15, -0.1) is 0 Å². The summed E-state index contributed by atoms with van der Waals surface area (Å²) in [5, 5.41) is 18.3. The molecule has 0 amide bonds. The third-order valence-corrected chi connectivity index (χ3v) is 2.26. The van der Waals surface area contributed by atoms with Crippen LogP contribution in [0.4, 0.5) is 0 Å². The van der Waals surface area contributed by atoms with Gasteiger partial charge >= 0.3 is 0 Å². The third kappa shape index (κ3) is 2.13. The monoisotopic (exact) mass is 195 g/mol. The Morgan fingerprint density at radius 3 is 2.85 bits per heavy atom. The van der Waals surface area contributed by atoms with Crippen LogP contribution in [0.15, 0.2) is 12.1 Å². The van der Waals surface area contributed by atoms with Crippen LogP contribution >= 0.6 is 11.6 Å². The first-order valence-electron chi connectivity index (χ1n) is 4.00. The van der Waals surface area contributed by atoms with E-state index in [1.165, 1.54) is 0 Å². The largest absolute Gasteiger partial charge is 0.506 e. The van der Waals surface area contributed by atoms with E-state index in [1.807, 2.05) is 19.1 Å². The normalized spacial score (nSPS) is 9.62. The van der Waals surface area contributed by atoms with Gasteiger partial charge < -0.3 is 5.11 Å². The van der Waals surface area contributed by atoms with Gasteiger partial charge in [0, 0.05) is 6.42 Å². The Balaban J connectivity index is 3.04. The van der Waals surface area contributed by atoms with Crippen molar-refractivity contribution < 1.29 is 5.11 Å². The topological polar surface area (TPSA) is 44.0 Å². The predicted octanol–water partition coefficient (Wildman–Crippen LogP) is 2.81. The number of rotatable bonds is 2. The molecule has 0 radical (unpaired) electrons. The van der Waals surface area contributed by atoms with Crippen molar-refractivity contribution in [2.75, 3.05) is 0 Å². The van der Waals surface area contributed by atoms with E-state index in [0.29, 0.717) is 17.9 Å². The summed E-state index contributed by atoms with van der Waals surface area (Å²) in [6.45, 7) is 1.89. The Kier molecular flexibility index (Phi) is 3.16. The van der Waals surface area contributed by atoms with Crippen molar-refractivity contribution in [3.63, 3.8) is 0 Å². The van der Waals surface area contributed by atoms with Crippen molar-refractivity contribution in [1.82, 2.24) is 0 Å². The highest BCUT2D eigenvalue weighted by molar-refractivity contribution is 6.32. The van der Waals surface area contributed by atoms with Gasteiger partial charge in [-0.1, -0.05) is 17.7 Å². The number of hydrogen-bond donors (Lipinski definition) is 1. The summed E-state index contributed by atoms with van der Waals surface area (Å²) in [6.07, 6.45) is 0.948. The number of nitrogens with zero attached hydrogens (tertiary/aromatic N) is 1. The number of phenols is 1. The molecular weight excluding hydrogens is 186 g/mol. The molecule has 2 nitrogen and oxygen atoms in total. The molecule has 0 saturated heterocycles. The summed E-state index contributed by atoms with van der Waals surface area (Å²) < 4.78 is 0. The molecule has 0 aliphatic carbocycles. The van der Waals surface area contributed by atoms with E-state index in [2.05, 4.69) is 0 Å². The average Bonchev–Trinajstić information content (AvgIpc) is 2.12. The molecule has 3 heteroatoms. The Bertz CT molecular complexity index is 355. The fourth-order valence-corrected chi connectivity index (χ4v) is 1.38. The van der Waals surface area contributed by atoms with Crippen LogP contribution in [0.25, 0.3) is 0 Å². The third-order valence-electron chi connectivity index (χ3n) is 1.95. The van der Waals surface area contributed by atoms with Crippen LogP contribution in [-0.4, -0.2) is 5.11 Å². The SMILES string of the molecule is Cc1ccc(Cl)c(O)c1CCC#N. The molecule has 1 aromatic rings. The molecule has 1 rings (SSSR count). The second kappa shape index (κ2) is 4.15. The van der Waals surface area contributed by atoms with E-state index in [0.717, 1.165) is 11.1 Å². The Labute approximate surface area is 82.4 Å². The zero-order valence-corrected chi connectivity index (χ0v) is 8.10. The van der Waals surface area contributed by atoms with Crippen LogP contribution in [0.5, 0.6) is 5.75 Å². The van der Waals surface area contributed by atoms with Crippen LogP contribution < -0.4 is 0 Å². The van der Waals surface area contributed by atoms with Crippen molar-refractivity contribution in [1.29, 1.82) is 5.26 Å². The fraction of sp³-hybridized carbons (Fsp3) is 0.300. The van der Waals surface area contributed by atoms with Gasteiger partial charge in [-0.2, -0.15) is 5.26 Å². The molecule has 0 aromatic heterocycles. The second-order valence-electron chi connectivity index (χ2n) is 2.85. The Morgan fingerprint density at radius 1 is 1.54 bits per heavy atom. The number of aryl methyl sites for hydroxylation is 1. The molecule has 0 bridgehead atoms. The van der Waals surface area contributed by atoms with E-state index < -0.39 is 0 Å². The highest BCUT2D eigenvalue weighted by atomic mass is 35.5. The van der Waals surface area contributed by atoms with Crippen molar-refractivity contribution in [3.8, 4) is 11.8 Å². The first kappa shape index (κ1) is 9.88. The molecule has 0 saturated carbocycles. The molecule has 0 fully saturated rings. The standard InChI is InChI=1S/C10H10ClNO/c1-7-4-5-9(11)10(13)8(7)3-2-6-12/h4-5,13H,2-3H2,1H3. The highest BCUT2D eigenvalue weighted by Gasteiger charge is 2.07. The summed E-state index contributed by atoms with van der Waals surface area (Å²) >= 11 is 5.73. The molecule has 1 aromatic carbocycles. The molecule has 0 unspecified atom stereocenters. The highest BCUT2D eigenvalue weighted by Crippen LogP contribution is 2.30. The molecule has 68 valence electrons. The van der Waals surface area contributed by atoms with Crippen LogP contribution in [0.3, 0.4) is 0 Å². The van der Waals surface area contributed by atoms with E-state index in [4.69, 9.17) is 16.9 Å². The Hall–Kier alpha value is -1.20. The average molecular weight is 196 g/mol. The number of aromatic hydroxyl groups is 1. The van der Waals surface area contributed by atoms with Crippen molar-refractivity contribution in [2.45, 2.75) is 19.8 Å². The minimum absolute atomic E-state index is 0.108. The van der Waals surface area contributed by atoms with Gasteiger partial charge in [0.1, 0.15) is 5.75 Å². The summed E-state index contributed by atoms with van der Waals surface area (Å²) in [7, 11) is 0. The summed E-state index contributed by atoms with van der Waals surface area (Å²) in [4.78, 5) is 0. The number of halogens is 1. The minimum atomic E-state index is 0.108. The molecule has 13 heavy (non-hydrogen) atoms. The fourth-order valence-electron chi connectivity index (χ4n) is 1.21. The van der Waals surface area contributed by atoms with Crippen LogP contribution in [0, 0.1) is 18.3 Å². The zero-order chi connectivity index (χ0) is 9.84. The molecule has 0 spiro atoms. The Morgan fingerprint density at radius 2 is 2.23 bits per heavy atom. The number of hydrogen-bond acceptors (Lipinski definition) is 2. The first-order chi connectivity index (χ1) is 6.16. The molecule has 0 heterocycles. The van der Waals surface area contributed by atoms with E-state index in [9.17, 15) is 5.11 Å². The number of nitriles is 1. The van der Waals surface area contributed by atoms with Gasteiger partial charge in [-0.25, -0.2) is 0 Å². The van der Waals surface area contributed by atoms with E-state index in [1.54, 1.807) is 6.07 Å². The lowest BCUT2D eigenvalue weighted by Crippen LogP contribution is -1.90. The summed E-state index contributed by atoms with van der Waals surface area (Å²) in [5.74, 6) is 0.108.